The molecule has 0 unspecified atom stereocenters. The molecule has 0 atom stereocenters. The van der Waals surface area contributed by atoms with E-state index in [0.29, 0.717) is 32.5 Å². The Hall–Kier alpha value is -2.38. The van der Waals surface area contributed by atoms with Gasteiger partial charge >= 0.3 is 0 Å². The van der Waals surface area contributed by atoms with Crippen LogP contribution in [-0.4, -0.2) is 22.5 Å². The van der Waals surface area contributed by atoms with Gasteiger partial charge < -0.3 is 4.74 Å². The highest BCUT2D eigenvalue weighted by molar-refractivity contribution is 7.22. The first-order chi connectivity index (χ1) is 14.9. The van der Waals surface area contributed by atoms with Crippen LogP contribution in [0, 0.1) is 6.92 Å². The van der Waals surface area contributed by atoms with Crippen LogP contribution in [0.5, 0.6) is 5.75 Å². The second kappa shape index (κ2) is 9.40. The van der Waals surface area contributed by atoms with E-state index in [2.05, 4.69) is 4.98 Å². The first-order valence-electron chi connectivity index (χ1n) is 9.24. The van der Waals surface area contributed by atoms with E-state index in [0.717, 1.165) is 21.3 Å². The van der Waals surface area contributed by atoms with Crippen LogP contribution >= 0.6 is 46.1 Å². The van der Waals surface area contributed by atoms with E-state index in [4.69, 9.17) is 44.5 Å². The zero-order valence-corrected chi connectivity index (χ0v) is 19.4. The summed E-state index contributed by atoms with van der Waals surface area (Å²) >= 11 is 19.7. The van der Waals surface area contributed by atoms with Gasteiger partial charge in [-0.05, 0) is 60.5 Å². The topological polar surface area (TPSA) is 55.3 Å². The number of benzene rings is 2. The standard InChI is InChI=1S/C22H16Cl3N3O2S/c1-13-8-16(24)10-19-21(13)27-22(31-19)28(11-14-4-6-26-7-5-14)20(29)12-30-18-3-2-15(23)9-17(18)25/h2-10H,11-12H2,1H3. The number of ether oxygens (including phenoxy) is 1. The molecule has 5 nitrogen and oxygen atoms in total. The van der Waals surface area contributed by atoms with E-state index in [9.17, 15) is 4.79 Å². The molecule has 0 aliphatic heterocycles. The van der Waals surface area contributed by atoms with Gasteiger partial charge in [0.1, 0.15) is 5.75 Å². The molecule has 1 amide bonds. The minimum Gasteiger partial charge on any atom is -0.482 e. The maximum atomic E-state index is 13.2. The average molecular weight is 493 g/mol. The molecule has 4 aromatic rings. The molecule has 0 saturated heterocycles. The lowest BCUT2D eigenvalue weighted by atomic mass is 10.2. The third-order valence-electron chi connectivity index (χ3n) is 4.51. The number of anilines is 1. The normalized spacial score (nSPS) is 11.0. The number of fused-ring (bicyclic) bond motifs is 1. The molecular formula is C22H16Cl3N3O2S. The molecule has 0 bridgehead atoms. The van der Waals surface area contributed by atoms with Crippen molar-refractivity contribution in [3.8, 4) is 5.75 Å². The van der Waals surface area contributed by atoms with E-state index in [-0.39, 0.29) is 12.5 Å². The lowest BCUT2D eigenvalue weighted by molar-refractivity contribution is -0.120. The number of carbonyl (C=O) groups is 1. The van der Waals surface area contributed by atoms with Gasteiger partial charge in [0.15, 0.2) is 11.7 Å². The molecule has 0 saturated carbocycles. The second-order valence-corrected chi connectivity index (χ2v) is 9.05. The Morgan fingerprint density at radius 3 is 2.58 bits per heavy atom. The Labute approximate surface area is 198 Å². The van der Waals surface area contributed by atoms with Crippen molar-refractivity contribution in [3.05, 3.63) is 81.1 Å². The first kappa shape index (κ1) is 21.8. The summed E-state index contributed by atoms with van der Waals surface area (Å²) in [7, 11) is 0. The van der Waals surface area contributed by atoms with Crippen molar-refractivity contribution in [3.63, 3.8) is 0 Å². The van der Waals surface area contributed by atoms with Gasteiger partial charge in [0.2, 0.25) is 0 Å². The summed E-state index contributed by atoms with van der Waals surface area (Å²) in [4.78, 5) is 23.5. The smallest absolute Gasteiger partial charge is 0.267 e. The van der Waals surface area contributed by atoms with Gasteiger partial charge in [0.05, 0.1) is 21.8 Å². The van der Waals surface area contributed by atoms with E-state index >= 15 is 0 Å². The van der Waals surface area contributed by atoms with Gasteiger partial charge in [-0.25, -0.2) is 4.98 Å². The van der Waals surface area contributed by atoms with Gasteiger partial charge in [-0.2, -0.15) is 0 Å². The Morgan fingerprint density at radius 2 is 1.84 bits per heavy atom. The van der Waals surface area contributed by atoms with E-state index < -0.39 is 0 Å². The number of thiazole rings is 1. The average Bonchev–Trinajstić information content (AvgIpc) is 3.16. The maximum Gasteiger partial charge on any atom is 0.267 e. The fraction of sp³-hybridized carbons (Fsp3) is 0.136. The predicted molar refractivity (Wildman–Crippen MR) is 127 cm³/mol. The van der Waals surface area contributed by atoms with Crippen LogP contribution in [0.3, 0.4) is 0 Å². The molecule has 0 fully saturated rings. The van der Waals surface area contributed by atoms with Crippen molar-refractivity contribution < 1.29 is 9.53 Å². The highest BCUT2D eigenvalue weighted by Gasteiger charge is 2.22. The van der Waals surface area contributed by atoms with Gasteiger partial charge in [-0.15, -0.1) is 0 Å². The summed E-state index contributed by atoms with van der Waals surface area (Å²) in [6, 6.07) is 12.3. The van der Waals surface area contributed by atoms with Crippen molar-refractivity contribution in [1.82, 2.24) is 9.97 Å². The lowest BCUT2D eigenvalue weighted by Gasteiger charge is -2.20. The zero-order valence-electron chi connectivity index (χ0n) is 16.3. The molecule has 0 N–H and O–H groups in total. The minimum absolute atomic E-state index is 0.206. The Bertz CT molecular complexity index is 1250. The molecule has 31 heavy (non-hydrogen) atoms. The number of rotatable bonds is 6. The predicted octanol–water partition coefficient (Wildman–Crippen LogP) is 6.57. The quantitative estimate of drug-likeness (QED) is 0.305. The fourth-order valence-corrected chi connectivity index (χ4v) is 4.90. The SMILES string of the molecule is Cc1cc(Cl)cc2sc(N(Cc3ccncc3)C(=O)COc3ccc(Cl)cc3Cl)nc12. The summed E-state index contributed by atoms with van der Waals surface area (Å²) in [5.74, 6) is 0.126. The number of carbonyl (C=O) groups excluding carboxylic acids is 1. The van der Waals surface area contributed by atoms with Crippen LogP contribution in [0.2, 0.25) is 15.1 Å². The van der Waals surface area contributed by atoms with Crippen molar-refractivity contribution in [2.75, 3.05) is 11.5 Å². The van der Waals surface area contributed by atoms with E-state index in [1.807, 2.05) is 31.2 Å². The Kier molecular flexibility index (Phi) is 6.62. The van der Waals surface area contributed by atoms with Crippen molar-refractivity contribution >= 4 is 67.4 Å². The van der Waals surface area contributed by atoms with Crippen LogP contribution in [0.1, 0.15) is 11.1 Å². The monoisotopic (exact) mass is 491 g/mol. The molecule has 158 valence electrons. The highest BCUT2D eigenvalue weighted by Crippen LogP contribution is 2.34. The van der Waals surface area contributed by atoms with Crippen LogP contribution in [0.25, 0.3) is 10.2 Å². The minimum atomic E-state index is -0.259. The molecule has 0 radical (unpaired) electrons. The fourth-order valence-electron chi connectivity index (χ4n) is 3.00. The molecule has 2 aromatic carbocycles. The molecule has 4 rings (SSSR count). The summed E-state index contributed by atoms with van der Waals surface area (Å²) < 4.78 is 6.58. The van der Waals surface area contributed by atoms with Gasteiger partial charge in [0, 0.05) is 22.4 Å². The van der Waals surface area contributed by atoms with Crippen molar-refractivity contribution in [2.45, 2.75) is 13.5 Å². The van der Waals surface area contributed by atoms with Gasteiger partial charge in [-0.3, -0.25) is 14.7 Å². The first-order valence-corrected chi connectivity index (χ1v) is 11.2. The number of pyridine rings is 1. The Morgan fingerprint density at radius 1 is 1.06 bits per heavy atom. The number of hydrogen-bond acceptors (Lipinski definition) is 5. The van der Waals surface area contributed by atoms with Crippen LogP contribution < -0.4 is 9.64 Å². The summed E-state index contributed by atoms with van der Waals surface area (Å²) in [5.41, 5.74) is 2.69. The molecule has 0 aliphatic rings. The summed E-state index contributed by atoms with van der Waals surface area (Å²) in [5, 5.41) is 2.03. The number of aromatic nitrogens is 2. The number of aryl methyl sites for hydroxylation is 1. The van der Waals surface area contributed by atoms with Crippen LogP contribution in [0.15, 0.2) is 54.9 Å². The number of halogens is 3. The molecule has 2 heterocycles. The number of amides is 1. The van der Waals surface area contributed by atoms with Gasteiger partial charge in [0.25, 0.3) is 5.91 Å². The molecule has 0 aliphatic carbocycles. The van der Waals surface area contributed by atoms with Crippen molar-refractivity contribution in [1.29, 1.82) is 0 Å². The molecule has 2 aromatic heterocycles. The number of nitrogens with zero attached hydrogens (tertiary/aromatic N) is 3. The van der Waals surface area contributed by atoms with Crippen molar-refractivity contribution in [2.24, 2.45) is 0 Å². The number of hydrogen-bond donors (Lipinski definition) is 0. The largest absolute Gasteiger partial charge is 0.482 e. The molecule has 9 heteroatoms. The summed E-state index contributed by atoms with van der Waals surface area (Å²) in [6.07, 6.45) is 3.37. The maximum absolute atomic E-state index is 13.2. The third-order valence-corrected chi connectivity index (χ3v) is 6.28. The van der Waals surface area contributed by atoms with E-state index in [1.54, 1.807) is 35.5 Å². The van der Waals surface area contributed by atoms with E-state index in [1.165, 1.54) is 11.3 Å². The highest BCUT2D eigenvalue weighted by atomic mass is 35.5. The third kappa shape index (κ3) is 5.10. The lowest BCUT2D eigenvalue weighted by Crippen LogP contribution is -2.34. The molecular weight excluding hydrogens is 477 g/mol. The molecule has 0 spiro atoms. The van der Waals surface area contributed by atoms with Crippen LogP contribution in [0.4, 0.5) is 5.13 Å². The van der Waals surface area contributed by atoms with Crippen LogP contribution in [-0.2, 0) is 11.3 Å². The zero-order chi connectivity index (χ0) is 22.0. The summed E-state index contributed by atoms with van der Waals surface area (Å²) in [6.45, 7) is 2.06. The second-order valence-electron chi connectivity index (χ2n) is 6.76. The Balaban J connectivity index is 1.64. The van der Waals surface area contributed by atoms with Gasteiger partial charge in [-0.1, -0.05) is 46.1 Å².